The van der Waals surface area contributed by atoms with E-state index in [4.69, 9.17) is 25.6 Å². The number of nitrogens with zero attached hydrogens (tertiary/aromatic N) is 4. The Bertz CT molecular complexity index is 1780. The lowest BCUT2D eigenvalue weighted by Gasteiger charge is -2.26. The highest BCUT2D eigenvalue weighted by atomic mass is 35.5. The number of methoxy groups -OCH3 is 1. The van der Waals surface area contributed by atoms with Gasteiger partial charge in [0.1, 0.15) is 12.3 Å². The number of ether oxygens (including phenoxy) is 2. The number of hydrogen-bond donors (Lipinski definition) is 1. The van der Waals surface area contributed by atoms with Crippen molar-refractivity contribution in [2.45, 2.75) is 6.54 Å². The minimum Gasteiger partial charge on any atom is -0.465 e. The van der Waals surface area contributed by atoms with Crippen LogP contribution in [-0.2, 0) is 20.8 Å². The number of amides is 2. The summed E-state index contributed by atoms with van der Waals surface area (Å²) in [6.45, 7) is 1.18. The van der Waals surface area contributed by atoms with Crippen molar-refractivity contribution in [3.05, 3.63) is 82.0 Å². The SMILES string of the molecule is COC(=O)c1ccc2c(c1)c(C(=O)Nc1ccc(N3CCOCC3=O)cc1)nn2Cc1cc(-c2ccc(Cl)s2)on1. The summed E-state index contributed by atoms with van der Waals surface area (Å²) >= 11 is 7.42. The molecule has 2 amide bonds. The maximum Gasteiger partial charge on any atom is 0.337 e. The third-order valence-corrected chi connectivity index (χ3v) is 7.74. The van der Waals surface area contributed by atoms with Gasteiger partial charge in [0.15, 0.2) is 11.5 Å². The van der Waals surface area contributed by atoms with Crippen LogP contribution in [0.15, 0.2) is 65.2 Å². The van der Waals surface area contributed by atoms with Crippen molar-refractivity contribution in [2.75, 3.05) is 37.1 Å². The first-order chi connectivity index (χ1) is 19.9. The number of hydrogen-bond acceptors (Lipinski definition) is 9. The normalized spacial score (nSPS) is 13.5. The summed E-state index contributed by atoms with van der Waals surface area (Å²) in [5.41, 5.74) is 2.84. The third kappa shape index (κ3) is 5.44. The van der Waals surface area contributed by atoms with Crippen molar-refractivity contribution in [3.63, 3.8) is 0 Å². The minimum atomic E-state index is -0.532. The lowest BCUT2D eigenvalue weighted by atomic mass is 10.1. The van der Waals surface area contributed by atoms with E-state index in [2.05, 4.69) is 15.6 Å². The fourth-order valence-corrected chi connectivity index (χ4v) is 5.51. The maximum absolute atomic E-state index is 13.4. The standard InChI is InChI=1S/C28H22ClN5O6S/c1-38-28(37)16-2-7-21-20(12-16)26(31-34(21)14-18-13-22(40-32-18)23-8-9-24(29)41-23)27(36)30-17-3-5-19(6-4-17)33-10-11-39-15-25(33)35/h2-9,12-13H,10-11,14-15H2,1H3,(H,30,36). The van der Waals surface area contributed by atoms with Gasteiger partial charge in [-0.1, -0.05) is 16.8 Å². The lowest BCUT2D eigenvalue weighted by Crippen LogP contribution is -2.41. The number of halogens is 1. The molecule has 0 atom stereocenters. The Labute approximate surface area is 242 Å². The molecule has 11 nitrogen and oxygen atoms in total. The van der Waals surface area contributed by atoms with Gasteiger partial charge in [-0.05, 0) is 54.6 Å². The number of anilines is 2. The molecular formula is C28H22ClN5O6S. The molecule has 2 aromatic carbocycles. The van der Waals surface area contributed by atoms with E-state index in [1.54, 1.807) is 64.2 Å². The van der Waals surface area contributed by atoms with E-state index in [0.29, 0.717) is 51.2 Å². The Balaban J connectivity index is 1.29. The van der Waals surface area contributed by atoms with Gasteiger partial charge in [0, 0.05) is 29.4 Å². The molecule has 13 heteroatoms. The maximum atomic E-state index is 13.4. The van der Waals surface area contributed by atoms with Crippen LogP contribution in [0.3, 0.4) is 0 Å². The van der Waals surface area contributed by atoms with Gasteiger partial charge >= 0.3 is 5.97 Å². The van der Waals surface area contributed by atoms with E-state index in [9.17, 15) is 14.4 Å². The van der Waals surface area contributed by atoms with Gasteiger partial charge in [0.25, 0.3) is 11.8 Å². The average Bonchev–Trinajstić information content (AvgIpc) is 3.72. The molecule has 5 aromatic rings. The highest BCUT2D eigenvalue weighted by Gasteiger charge is 2.22. The van der Waals surface area contributed by atoms with Crippen LogP contribution < -0.4 is 10.2 Å². The van der Waals surface area contributed by atoms with Crippen LogP contribution in [0.5, 0.6) is 0 Å². The van der Waals surface area contributed by atoms with Crippen LogP contribution in [0, 0.1) is 0 Å². The summed E-state index contributed by atoms with van der Waals surface area (Å²) in [6, 6.07) is 17.3. The molecular weight excluding hydrogens is 570 g/mol. The smallest absolute Gasteiger partial charge is 0.337 e. The van der Waals surface area contributed by atoms with Crippen molar-refractivity contribution in [1.29, 1.82) is 0 Å². The Morgan fingerprint density at radius 2 is 1.95 bits per heavy atom. The van der Waals surface area contributed by atoms with E-state index in [0.717, 1.165) is 4.88 Å². The molecule has 6 rings (SSSR count). The predicted molar refractivity (Wildman–Crippen MR) is 153 cm³/mol. The summed E-state index contributed by atoms with van der Waals surface area (Å²) < 4.78 is 17.8. The first-order valence-electron chi connectivity index (χ1n) is 12.5. The molecule has 0 bridgehead atoms. The van der Waals surface area contributed by atoms with Crippen molar-refractivity contribution in [2.24, 2.45) is 0 Å². The first kappa shape index (κ1) is 26.7. The summed E-state index contributed by atoms with van der Waals surface area (Å²) in [6.07, 6.45) is 0. The number of fused-ring (bicyclic) bond motifs is 1. The van der Waals surface area contributed by atoms with E-state index in [1.807, 2.05) is 6.07 Å². The summed E-state index contributed by atoms with van der Waals surface area (Å²) in [5.74, 6) is -0.554. The van der Waals surface area contributed by atoms with E-state index >= 15 is 0 Å². The Morgan fingerprint density at radius 1 is 1.12 bits per heavy atom. The zero-order valence-corrected chi connectivity index (χ0v) is 23.2. The van der Waals surface area contributed by atoms with Crippen LogP contribution in [0.25, 0.3) is 21.5 Å². The largest absolute Gasteiger partial charge is 0.465 e. The quantitative estimate of drug-likeness (QED) is 0.266. The highest BCUT2D eigenvalue weighted by Crippen LogP contribution is 2.32. The van der Waals surface area contributed by atoms with E-state index in [-0.39, 0.29) is 30.3 Å². The molecule has 1 fully saturated rings. The molecule has 0 radical (unpaired) electrons. The topological polar surface area (TPSA) is 129 Å². The molecule has 1 saturated heterocycles. The van der Waals surface area contributed by atoms with Crippen LogP contribution >= 0.6 is 22.9 Å². The van der Waals surface area contributed by atoms with Crippen LogP contribution in [0.1, 0.15) is 26.5 Å². The molecule has 0 unspecified atom stereocenters. The predicted octanol–water partition coefficient (Wildman–Crippen LogP) is 4.86. The molecule has 3 aromatic heterocycles. The summed E-state index contributed by atoms with van der Waals surface area (Å²) in [7, 11) is 1.29. The Morgan fingerprint density at radius 3 is 2.68 bits per heavy atom. The molecule has 0 aliphatic carbocycles. The van der Waals surface area contributed by atoms with Gasteiger partial charge in [-0.2, -0.15) is 5.10 Å². The first-order valence-corrected chi connectivity index (χ1v) is 13.7. The van der Waals surface area contributed by atoms with Crippen molar-refractivity contribution in [1.82, 2.24) is 14.9 Å². The van der Waals surface area contributed by atoms with Gasteiger partial charge in [0.05, 0.1) is 40.6 Å². The average molecular weight is 592 g/mol. The number of thiophene rings is 1. The van der Waals surface area contributed by atoms with E-state index in [1.165, 1.54) is 18.4 Å². The number of benzene rings is 2. The fourth-order valence-electron chi connectivity index (χ4n) is 4.52. The number of morpholine rings is 1. The second-order valence-electron chi connectivity index (χ2n) is 9.11. The molecule has 0 spiro atoms. The fraction of sp³-hybridized carbons (Fsp3) is 0.179. The number of carbonyl (C=O) groups is 3. The van der Waals surface area contributed by atoms with Crippen LogP contribution in [0.4, 0.5) is 11.4 Å². The van der Waals surface area contributed by atoms with Gasteiger partial charge in [0.2, 0.25) is 0 Å². The highest BCUT2D eigenvalue weighted by molar-refractivity contribution is 7.19. The van der Waals surface area contributed by atoms with Gasteiger partial charge < -0.3 is 24.2 Å². The molecule has 0 saturated carbocycles. The number of esters is 1. The zero-order chi connectivity index (χ0) is 28.5. The molecule has 4 heterocycles. The number of carbonyl (C=O) groups excluding carboxylic acids is 3. The lowest BCUT2D eigenvalue weighted by molar-refractivity contribution is -0.125. The monoisotopic (exact) mass is 591 g/mol. The minimum absolute atomic E-state index is 0.0415. The van der Waals surface area contributed by atoms with Crippen LogP contribution in [0.2, 0.25) is 4.34 Å². The van der Waals surface area contributed by atoms with Crippen molar-refractivity contribution >= 4 is 63.0 Å². The van der Waals surface area contributed by atoms with Gasteiger partial charge in [-0.25, -0.2) is 4.79 Å². The number of aromatic nitrogens is 3. The number of rotatable bonds is 7. The third-order valence-electron chi connectivity index (χ3n) is 6.50. The van der Waals surface area contributed by atoms with Gasteiger partial charge in [-0.3, -0.25) is 14.3 Å². The summed E-state index contributed by atoms with van der Waals surface area (Å²) in [4.78, 5) is 40.3. The zero-order valence-electron chi connectivity index (χ0n) is 21.6. The van der Waals surface area contributed by atoms with Crippen molar-refractivity contribution < 1.29 is 28.4 Å². The van der Waals surface area contributed by atoms with E-state index < -0.39 is 11.9 Å². The summed E-state index contributed by atoms with van der Waals surface area (Å²) in [5, 5.41) is 12.1. The second kappa shape index (κ2) is 11.2. The molecule has 208 valence electrons. The number of nitrogens with one attached hydrogen (secondary N) is 1. The molecule has 1 N–H and O–H groups in total. The second-order valence-corrected chi connectivity index (χ2v) is 10.8. The molecule has 41 heavy (non-hydrogen) atoms. The molecule has 1 aliphatic rings. The van der Waals surface area contributed by atoms with Crippen molar-refractivity contribution in [3.8, 4) is 10.6 Å². The Hall–Kier alpha value is -4.52. The Kier molecular flexibility index (Phi) is 7.26. The molecule has 1 aliphatic heterocycles. The van der Waals surface area contributed by atoms with Crippen LogP contribution in [-0.4, -0.2) is 59.6 Å². The van der Waals surface area contributed by atoms with Gasteiger partial charge in [-0.15, -0.1) is 11.3 Å².